The summed E-state index contributed by atoms with van der Waals surface area (Å²) in [7, 11) is 0. The van der Waals surface area contributed by atoms with Gasteiger partial charge in [0.15, 0.2) is 0 Å². The Kier molecular flexibility index (Phi) is 3.91. The first-order valence-corrected chi connectivity index (χ1v) is 5.67. The first-order valence-electron chi connectivity index (χ1n) is 5.67. The number of carbonyl (C=O) groups excluding carboxylic acids is 1. The molecule has 0 aromatic rings. The number of rotatable bonds is 4. The van der Waals surface area contributed by atoms with E-state index < -0.39 is 11.4 Å². The third-order valence-corrected chi connectivity index (χ3v) is 3.43. The Bertz CT molecular complexity index is 289. The fraction of sp³-hybridized carbons (Fsp3) is 0.818. The smallest absolute Gasteiger partial charge is 0.311 e. The highest BCUT2D eigenvalue weighted by molar-refractivity contribution is 5.82. The Morgan fingerprint density at radius 3 is 2.56 bits per heavy atom. The molecule has 1 aliphatic heterocycles. The lowest BCUT2D eigenvalue weighted by atomic mass is 9.90. The fourth-order valence-electron chi connectivity index (χ4n) is 2.02. The molecule has 1 rings (SSSR count). The second-order valence-electron chi connectivity index (χ2n) is 4.72. The second-order valence-corrected chi connectivity index (χ2v) is 4.72. The first kappa shape index (κ1) is 13.0. The highest BCUT2D eigenvalue weighted by atomic mass is 16.4. The van der Waals surface area contributed by atoms with Crippen LogP contribution in [0.15, 0.2) is 0 Å². The number of nitrogens with zero attached hydrogens (tertiary/aromatic N) is 1. The van der Waals surface area contributed by atoms with E-state index in [4.69, 9.17) is 10.8 Å². The predicted octanol–water partition coefficient (Wildman–Crippen LogP) is 0.295. The standard InChI is InChI=1S/C11H20N2O3/c1-3-8(6-12)9(14)13-5-4-11(2,7-13)10(15)16/h8H,3-7,12H2,1-2H3,(H,15,16). The van der Waals surface area contributed by atoms with E-state index in [1.165, 1.54) is 0 Å². The lowest BCUT2D eigenvalue weighted by Gasteiger charge is -2.23. The number of carboxylic acids is 1. The van der Waals surface area contributed by atoms with Crippen LogP contribution in [0.5, 0.6) is 0 Å². The number of nitrogens with two attached hydrogens (primary N) is 1. The van der Waals surface area contributed by atoms with E-state index in [-0.39, 0.29) is 11.8 Å². The molecule has 1 fully saturated rings. The van der Waals surface area contributed by atoms with Crippen LogP contribution in [0.2, 0.25) is 0 Å². The first-order chi connectivity index (χ1) is 7.44. The van der Waals surface area contributed by atoms with E-state index in [9.17, 15) is 9.59 Å². The van der Waals surface area contributed by atoms with Crippen molar-refractivity contribution in [3.8, 4) is 0 Å². The zero-order valence-electron chi connectivity index (χ0n) is 9.90. The minimum Gasteiger partial charge on any atom is -0.481 e. The largest absolute Gasteiger partial charge is 0.481 e. The van der Waals surface area contributed by atoms with Gasteiger partial charge in [-0.05, 0) is 19.8 Å². The lowest BCUT2D eigenvalue weighted by Crippen LogP contribution is -2.40. The molecule has 0 bridgehead atoms. The minimum atomic E-state index is -0.830. The summed E-state index contributed by atoms with van der Waals surface area (Å²) in [5.74, 6) is -1.00. The monoisotopic (exact) mass is 228 g/mol. The van der Waals surface area contributed by atoms with Crippen LogP contribution in [-0.2, 0) is 9.59 Å². The summed E-state index contributed by atoms with van der Waals surface area (Å²) in [6, 6.07) is 0. The highest BCUT2D eigenvalue weighted by Gasteiger charge is 2.42. The third kappa shape index (κ3) is 2.35. The summed E-state index contributed by atoms with van der Waals surface area (Å²) >= 11 is 0. The van der Waals surface area contributed by atoms with Crippen molar-refractivity contribution in [2.75, 3.05) is 19.6 Å². The molecule has 2 unspecified atom stereocenters. The number of carbonyl (C=O) groups is 2. The van der Waals surface area contributed by atoms with Gasteiger partial charge in [-0.2, -0.15) is 0 Å². The average Bonchev–Trinajstić information content (AvgIpc) is 2.64. The average molecular weight is 228 g/mol. The molecular formula is C11H20N2O3. The van der Waals surface area contributed by atoms with Crippen molar-refractivity contribution in [3.05, 3.63) is 0 Å². The van der Waals surface area contributed by atoms with Gasteiger partial charge in [0, 0.05) is 19.6 Å². The number of likely N-dealkylation sites (tertiary alicyclic amines) is 1. The molecule has 2 atom stereocenters. The maximum absolute atomic E-state index is 12.0. The normalized spacial score (nSPS) is 26.8. The van der Waals surface area contributed by atoms with Crippen molar-refractivity contribution in [3.63, 3.8) is 0 Å². The molecule has 1 aliphatic rings. The molecular weight excluding hydrogens is 208 g/mol. The molecule has 1 saturated heterocycles. The van der Waals surface area contributed by atoms with Gasteiger partial charge in [-0.1, -0.05) is 6.92 Å². The van der Waals surface area contributed by atoms with Crippen LogP contribution >= 0.6 is 0 Å². The molecule has 1 amide bonds. The highest BCUT2D eigenvalue weighted by Crippen LogP contribution is 2.31. The van der Waals surface area contributed by atoms with Gasteiger partial charge in [-0.15, -0.1) is 0 Å². The van der Waals surface area contributed by atoms with Crippen LogP contribution in [0.25, 0.3) is 0 Å². The van der Waals surface area contributed by atoms with E-state index in [1.54, 1.807) is 11.8 Å². The van der Waals surface area contributed by atoms with Crippen LogP contribution in [0, 0.1) is 11.3 Å². The van der Waals surface area contributed by atoms with Crippen LogP contribution in [-0.4, -0.2) is 41.5 Å². The molecule has 0 saturated carbocycles. The molecule has 5 nitrogen and oxygen atoms in total. The third-order valence-electron chi connectivity index (χ3n) is 3.43. The Labute approximate surface area is 95.6 Å². The lowest BCUT2D eigenvalue weighted by molar-refractivity contribution is -0.147. The number of carboxylic acid groups (broad SMARTS) is 1. The predicted molar refractivity (Wildman–Crippen MR) is 59.8 cm³/mol. The zero-order valence-corrected chi connectivity index (χ0v) is 9.90. The number of hydrogen-bond donors (Lipinski definition) is 2. The van der Waals surface area contributed by atoms with Crippen molar-refractivity contribution in [1.29, 1.82) is 0 Å². The molecule has 3 N–H and O–H groups in total. The summed E-state index contributed by atoms with van der Waals surface area (Å²) in [5.41, 5.74) is 4.73. The number of amides is 1. The van der Waals surface area contributed by atoms with E-state index in [1.807, 2.05) is 6.92 Å². The van der Waals surface area contributed by atoms with Gasteiger partial charge >= 0.3 is 5.97 Å². The van der Waals surface area contributed by atoms with Crippen LogP contribution in [0.3, 0.4) is 0 Å². The van der Waals surface area contributed by atoms with Gasteiger partial charge in [0.25, 0.3) is 0 Å². The zero-order chi connectivity index (χ0) is 12.3. The van der Waals surface area contributed by atoms with Gasteiger partial charge in [-0.3, -0.25) is 9.59 Å². The summed E-state index contributed by atoms with van der Waals surface area (Å²) in [6.45, 7) is 4.76. The van der Waals surface area contributed by atoms with Gasteiger partial charge in [0.2, 0.25) is 5.91 Å². The van der Waals surface area contributed by atoms with Gasteiger partial charge in [-0.25, -0.2) is 0 Å². The minimum absolute atomic E-state index is 0.00465. The summed E-state index contributed by atoms with van der Waals surface area (Å²) in [5, 5.41) is 9.06. The van der Waals surface area contributed by atoms with Crippen molar-refractivity contribution in [2.24, 2.45) is 17.1 Å². The SMILES string of the molecule is CCC(CN)C(=O)N1CCC(C)(C(=O)O)C1. The van der Waals surface area contributed by atoms with Gasteiger partial charge in [0.1, 0.15) is 0 Å². The molecule has 5 heteroatoms. The van der Waals surface area contributed by atoms with E-state index in [0.29, 0.717) is 32.5 Å². The van der Waals surface area contributed by atoms with Crippen molar-refractivity contribution in [1.82, 2.24) is 4.90 Å². The molecule has 1 heterocycles. The molecule has 0 aromatic carbocycles. The van der Waals surface area contributed by atoms with Crippen molar-refractivity contribution >= 4 is 11.9 Å². The molecule has 0 aromatic heterocycles. The van der Waals surface area contributed by atoms with E-state index in [2.05, 4.69) is 0 Å². The topological polar surface area (TPSA) is 83.6 Å². The maximum Gasteiger partial charge on any atom is 0.311 e. The second kappa shape index (κ2) is 4.82. The molecule has 0 spiro atoms. The Morgan fingerprint density at radius 2 is 2.19 bits per heavy atom. The quantitative estimate of drug-likeness (QED) is 0.724. The molecule has 16 heavy (non-hydrogen) atoms. The van der Waals surface area contributed by atoms with Crippen molar-refractivity contribution < 1.29 is 14.7 Å². The number of aliphatic carboxylic acids is 1. The van der Waals surface area contributed by atoms with Crippen LogP contribution in [0.1, 0.15) is 26.7 Å². The molecule has 0 radical (unpaired) electrons. The number of hydrogen-bond acceptors (Lipinski definition) is 3. The maximum atomic E-state index is 12.0. The van der Waals surface area contributed by atoms with E-state index in [0.717, 1.165) is 0 Å². The van der Waals surface area contributed by atoms with Crippen LogP contribution in [0.4, 0.5) is 0 Å². The fourth-order valence-corrected chi connectivity index (χ4v) is 2.02. The van der Waals surface area contributed by atoms with Gasteiger partial charge < -0.3 is 15.7 Å². The van der Waals surface area contributed by atoms with Crippen LogP contribution < -0.4 is 5.73 Å². The molecule has 0 aliphatic carbocycles. The Hall–Kier alpha value is -1.10. The Morgan fingerprint density at radius 1 is 1.56 bits per heavy atom. The molecule has 92 valence electrons. The van der Waals surface area contributed by atoms with Gasteiger partial charge in [0.05, 0.1) is 11.3 Å². The van der Waals surface area contributed by atoms with E-state index >= 15 is 0 Å². The Balaban J connectivity index is 2.66. The van der Waals surface area contributed by atoms with Crippen molar-refractivity contribution in [2.45, 2.75) is 26.7 Å². The summed E-state index contributed by atoms with van der Waals surface area (Å²) in [6.07, 6.45) is 1.23. The summed E-state index contributed by atoms with van der Waals surface area (Å²) in [4.78, 5) is 24.6. The summed E-state index contributed by atoms with van der Waals surface area (Å²) < 4.78 is 0.